The van der Waals surface area contributed by atoms with Gasteiger partial charge < -0.3 is 10.1 Å². The number of ether oxygens (including phenoxy) is 1. The molecule has 0 radical (unpaired) electrons. The number of hydrogen-bond donors (Lipinski definition) is 1. The average Bonchev–Trinajstić information content (AvgIpc) is 3.07. The van der Waals surface area contributed by atoms with Gasteiger partial charge in [-0.25, -0.2) is 14.8 Å². The van der Waals surface area contributed by atoms with Crippen LogP contribution in [-0.4, -0.2) is 44.6 Å². The lowest BCUT2D eigenvalue weighted by molar-refractivity contribution is -0.137. The highest BCUT2D eigenvalue weighted by atomic mass is 35.5. The Balaban J connectivity index is 1.95. The van der Waals surface area contributed by atoms with Gasteiger partial charge in [-0.3, -0.25) is 9.69 Å². The van der Waals surface area contributed by atoms with Gasteiger partial charge in [-0.15, -0.1) is 0 Å². The number of halogens is 4. The van der Waals surface area contributed by atoms with Crippen LogP contribution in [0.25, 0.3) is 11.3 Å². The zero-order chi connectivity index (χ0) is 24.6. The van der Waals surface area contributed by atoms with Crippen LogP contribution in [0.2, 0.25) is 5.15 Å². The Labute approximate surface area is 194 Å². The van der Waals surface area contributed by atoms with Crippen LogP contribution in [0.3, 0.4) is 0 Å². The first-order chi connectivity index (χ1) is 15.3. The Morgan fingerprint density at radius 1 is 1.15 bits per heavy atom. The zero-order valence-electron chi connectivity index (χ0n) is 18.5. The second-order valence-electron chi connectivity index (χ2n) is 8.80. The van der Waals surface area contributed by atoms with E-state index in [1.165, 1.54) is 23.4 Å². The Morgan fingerprint density at radius 3 is 2.45 bits per heavy atom. The normalized spacial score (nSPS) is 18.8. The number of benzene rings is 1. The van der Waals surface area contributed by atoms with Crippen molar-refractivity contribution in [3.8, 4) is 11.3 Å². The fraction of sp³-hybridized carbons (Fsp3) is 0.455. The summed E-state index contributed by atoms with van der Waals surface area (Å²) in [6, 6.07) is 3.15. The van der Waals surface area contributed by atoms with E-state index in [4.69, 9.17) is 16.3 Å². The predicted octanol–water partition coefficient (Wildman–Crippen LogP) is 5.54. The van der Waals surface area contributed by atoms with Crippen molar-refractivity contribution >= 4 is 29.3 Å². The molecule has 1 aliphatic rings. The predicted molar refractivity (Wildman–Crippen MR) is 117 cm³/mol. The van der Waals surface area contributed by atoms with Gasteiger partial charge in [0.05, 0.1) is 16.9 Å². The Hall–Kier alpha value is -2.88. The third kappa shape index (κ3) is 5.93. The lowest BCUT2D eigenvalue weighted by Crippen LogP contribution is -2.48. The van der Waals surface area contributed by atoms with Crippen LogP contribution >= 0.6 is 11.6 Å². The van der Waals surface area contributed by atoms with Crippen molar-refractivity contribution in [2.75, 3.05) is 5.32 Å². The highest BCUT2D eigenvalue weighted by Crippen LogP contribution is 2.36. The highest BCUT2D eigenvalue weighted by molar-refractivity contribution is 6.29. The number of nitrogens with zero attached hydrogens (tertiary/aromatic N) is 3. The molecule has 2 amide bonds. The molecule has 2 aromatic rings. The number of nitrogens with one attached hydrogen (secondary N) is 1. The quantitative estimate of drug-likeness (QED) is 0.578. The highest BCUT2D eigenvalue weighted by Gasteiger charge is 2.41. The van der Waals surface area contributed by atoms with Crippen molar-refractivity contribution in [2.45, 2.75) is 64.4 Å². The molecular formula is C22H24ClF3N4O3. The summed E-state index contributed by atoms with van der Waals surface area (Å²) < 4.78 is 45.5. The molecule has 0 aliphatic carbocycles. The Morgan fingerprint density at radius 2 is 1.85 bits per heavy atom. The average molecular weight is 485 g/mol. The van der Waals surface area contributed by atoms with Gasteiger partial charge >= 0.3 is 12.3 Å². The molecule has 1 aliphatic heterocycles. The van der Waals surface area contributed by atoms with Crippen LogP contribution in [0.5, 0.6) is 0 Å². The van der Waals surface area contributed by atoms with Crippen molar-refractivity contribution in [2.24, 2.45) is 0 Å². The first kappa shape index (κ1) is 24.8. The summed E-state index contributed by atoms with van der Waals surface area (Å²) >= 11 is 5.91. The van der Waals surface area contributed by atoms with Crippen LogP contribution in [-0.2, 0) is 15.7 Å². The molecule has 7 nitrogen and oxygen atoms in total. The second-order valence-corrected chi connectivity index (χ2v) is 9.19. The summed E-state index contributed by atoms with van der Waals surface area (Å²) in [5.41, 5.74) is -1.34. The topological polar surface area (TPSA) is 84.4 Å². The van der Waals surface area contributed by atoms with E-state index in [2.05, 4.69) is 15.3 Å². The minimum absolute atomic E-state index is 0.0953. The molecular weight excluding hydrogens is 461 g/mol. The minimum atomic E-state index is -4.62. The number of rotatable bonds is 3. The number of carbonyl (C=O) groups is 2. The third-order valence-corrected chi connectivity index (χ3v) is 5.30. The van der Waals surface area contributed by atoms with Gasteiger partial charge in [-0.05, 0) is 52.7 Å². The summed E-state index contributed by atoms with van der Waals surface area (Å²) in [6.07, 6.45) is -3.21. The van der Waals surface area contributed by atoms with Gasteiger partial charge in [0.1, 0.15) is 23.1 Å². The van der Waals surface area contributed by atoms with E-state index < -0.39 is 35.4 Å². The van der Waals surface area contributed by atoms with E-state index in [1.54, 1.807) is 27.7 Å². The Bertz CT molecular complexity index is 1060. The number of alkyl halides is 3. The fourth-order valence-corrected chi connectivity index (χ4v) is 3.75. The van der Waals surface area contributed by atoms with Crippen molar-refractivity contribution in [3.05, 3.63) is 41.3 Å². The van der Waals surface area contributed by atoms with Crippen molar-refractivity contribution < 1.29 is 27.5 Å². The second kappa shape index (κ2) is 9.17. The number of carbonyl (C=O) groups excluding carboxylic acids is 2. The first-order valence-corrected chi connectivity index (χ1v) is 10.7. The molecule has 2 atom stereocenters. The van der Waals surface area contributed by atoms with E-state index in [1.807, 2.05) is 0 Å². The van der Waals surface area contributed by atoms with Gasteiger partial charge in [0.15, 0.2) is 0 Å². The van der Waals surface area contributed by atoms with Gasteiger partial charge in [0.25, 0.3) is 0 Å². The molecule has 0 saturated carbocycles. The monoisotopic (exact) mass is 484 g/mol. The third-order valence-electron chi connectivity index (χ3n) is 5.09. The SMILES string of the molecule is C[C@@H]1CC[C@@H](C(=O)Nc2cc(C(F)(F)F)ccc2-c2cc(Cl)ncn2)N1C(=O)OC(C)(C)C. The van der Waals surface area contributed by atoms with Crippen molar-refractivity contribution in [1.29, 1.82) is 0 Å². The van der Waals surface area contributed by atoms with Crippen molar-refractivity contribution in [3.63, 3.8) is 0 Å². The molecule has 0 bridgehead atoms. The van der Waals surface area contributed by atoms with Gasteiger partial charge in [-0.2, -0.15) is 13.2 Å². The summed E-state index contributed by atoms with van der Waals surface area (Å²) in [4.78, 5) is 35.0. The van der Waals surface area contributed by atoms with Crippen LogP contribution < -0.4 is 5.32 Å². The molecule has 3 rings (SSSR count). The molecule has 1 N–H and O–H groups in total. The van der Waals surface area contributed by atoms with E-state index in [0.717, 1.165) is 12.1 Å². The van der Waals surface area contributed by atoms with E-state index >= 15 is 0 Å². The Kier molecular flexibility index (Phi) is 6.88. The molecule has 1 saturated heterocycles. The van der Waals surface area contributed by atoms with Gasteiger partial charge in [0.2, 0.25) is 5.91 Å². The maximum atomic E-state index is 13.4. The summed E-state index contributed by atoms with van der Waals surface area (Å²) in [6.45, 7) is 6.92. The molecule has 0 spiro atoms. The number of hydrogen-bond acceptors (Lipinski definition) is 5. The molecule has 2 heterocycles. The van der Waals surface area contributed by atoms with Gasteiger partial charge in [0, 0.05) is 17.7 Å². The lowest BCUT2D eigenvalue weighted by Gasteiger charge is -2.31. The van der Waals surface area contributed by atoms with Crippen LogP contribution in [0.4, 0.5) is 23.7 Å². The molecule has 11 heteroatoms. The maximum Gasteiger partial charge on any atom is 0.416 e. The van der Waals surface area contributed by atoms with E-state index in [9.17, 15) is 22.8 Å². The summed E-state index contributed by atoms with van der Waals surface area (Å²) in [5, 5.41) is 2.65. The number of anilines is 1. The number of amides is 2. The molecule has 178 valence electrons. The summed E-state index contributed by atoms with van der Waals surface area (Å²) in [7, 11) is 0. The fourth-order valence-electron chi connectivity index (χ4n) is 3.61. The van der Waals surface area contributed by atoms with Crippen LogP contribution in [0.15, 0.2) is 30.6 Å². The van der Waals surface area contributed by atoms with Crippen LogP contribution in [0.1, 0.15) is 46.1 Å². The number of likely N-dealkylation sites (tertiary alicyclic amines) is 1. The minimum Gasteiger partial charge on any atom is -0.444 e. The smallest absolute Gasteiger partial charge is 0.416 e. The van der Waals surface area contributed by atoms with E-state index in [-0.39, 0.29) is 28.1 Å². The van der Waals surface area contributed by atoms with Crippen molar-refractivity contribution in [1.82, 2.24) is 14.9 Å². The molecule has 1 fully saturated rings. The molecule has 1 aromatic heterocycles. The first-order valence-electron chi connectivity index (χ1n) is 10.3. The molecule has 0 unspecified atom stereocenters. The molecule has 33 heavy (non-hydrogen) atoms. The van der Waals surface area contributed by atoms with E-state index in [0.29, 0.717) is 12.8 Å². The zero-order valence-corrected chi connectivity index (χ0v) is 19.3. The number of aromatic nitrogens is 2. The van der Waals surface area contributed by atoms with Crippen LogP contribution in [0, 0.1) is 0 Å². The maximum absolute atomic E-state index is 13.4. The standard InChI is InChI=1S/C22H24ClF3N4O3/c1-12-5-8-17(30(12)20(32)33-21(2,3)4)19(31)29-16-9-13(22(24,25)26)6-7-14(16)15-10-18(23)28-11-27-15/h6-7,9-12,17H,5,8H2,1-4H3,(H,29,31)/t12-,17+/m1/s1. The lowest BCUT2D eigenvalue weighted by atomic mass is 10.0. The molecule has 1 aromatic carbocycles. The largest absolute Gasteiger partial charge is 0.444 e. The summed E-state index contributed by atoms with van der Waals surface area (Å²) in [5.74, 6) is -0.620. The van der Waals surface area contributed by atoms with Gasteiger partial charge in [-0.1, -0.05) is 17.7 Å².